The van der Waals surface area contributed by atoms with Crippen molar-refractivity contribution in [2.75, 3.05) is 13.2 Å². The van der Waals surface area contributed by atoms with Crippen LogP contribution in [0.5, 0.6) is 11.5 Å². The second-order valence-corrected chi connectivity index (χ2v) is 5.96. The number of hydrazine groups is 1. The molecule has 0 aromatic heterocycles. The third-order valence-corrected chi connectivity index (χ3v) is 3.51. The fourth-order valence-electron chi connectivity index (χ4n) is 1.90. The first kappa shape index (κ1) is 21.0. The minimum absolute atomic E-state index is 0.316. The zero-order valence-corrected chi connectivity index (χ0v) is 15.8. The minimum atomic E-state index is -0.891. The summed E-state index contributed by atoms with van der Waals surface area (Å²) in [6.07, 6.45) is -0.891. The first-order chi connectivity index (χ1) is 13.4. The van der Waals surface area contributed by atoms with Crippen LogP contribution in [0.2, 0.25) is 5.02 Å². The average Bonchev–Trinajstić information content (AvgIpc) is 2.70. The molecule has 2 N–H and O–H groups in total. The molecule has 0 fully saturated rings. The molecule has 0 bridgehead atoms. The molecule has 0 aliphatic carbocycles. The van der Waals surface area contributed by atoms with Crippen molar-refractivity contribution in [1.82, 2.24) is 10.9 Å². The van der Waals surface area contributed by atoms with E-state index in [0.29, 0.717) is 16.5 Å². The van der Waals surface area contributed by atoms with Crippen molar-refractivity contribution in [3.05, 3.63) is 59.6 Å². The molecular formula is C19H19ClN2O6. The van der Waals surface area contributed by atoms with Crippen molar-refractivity contribution < 1.29 is 28.6 Å². The van der Waals surface area contributed by atoms with E-state index in [0.717, 1.165) is 0 Å². The Labute approximate surface area is 166 Å². The Bertz CT molecular complexity index is 798. The maximum atomic E-state index is 11.8. The zero-order valence-electron chi connectivity index (χ0n) is 15.0. The van der Waals surface area contributed by atoms with E-state index in [1.54, 1.807) is 48.5 Å². The van der Waals surface area contributed by atoms with Gasteiger partial charge in [-0.25, -0.2) is 4.79 Å². The molecule has 1 atom stereocenters. The zero-order chi connectivity index (χ0) is 20.4. The predicted molar refractivity (Wildman–Crippen MR) is 101 cm³/mol. The van der Waals surface area contributed by atoms with E-state index in [2.05, 4.69) is 10.9 Å². The summed E-state index contributed by atoms with van der Waals surface area (Å²) < 4.78 is 15.4. The molecule has 2 aromatic carbocycles. The van der Waals surface area contributed by atoms with Crippen LogP contribution in [-0.4, -0.2) is 37.1 Å². The van der Waals surface area contributed by atoms with Crippen LogP contribution in [0.15, 0.2) is 54.6 Å². The van der Waals surface area contributed by atoms with Gasteiger partial charge in [-0.2, -0.15) is 0 Å². The number of ether oxygens (including phenoxy) is 3. The van der Waals surface area contributed by atoms with Gasteiger partial charge in [-0.15, -0.1) is 0 Å². The molecule has 0 aliphatic heterocycles. The van der Waals surface area contributed by atoms with Gasteiger partial charge >= 0.3 is 5.97 Å². The number of esters is 1. The first-order valence-electron chi connectivity index (χ1n) is 8.28. The van der Waals surface area contributed by atoms with Crippen LogP contribution in [-0.2, 0) is 19.1 Å². The van der Waals surface area contributed by atoms with Crippen LogP contribution in [0.4, 0.5) is 0 Å². The molecule has 8 nitrogen and oxygen atoms in total. The fraction of sp³-hybridized carbons (Fsp3) is 0.211. The molecule has 0 aliphatic rings. The summed E-state index contributed by atoms with van der Waals surface area (Å²) in [5.41, 5.74) is 4.26. The van der Waals surface area contributed by atoms with Gasteiger partial charge in [0.15, 0.2) is 19.3 Å². The Morgan fingerprint density at radius 1 is 0.893 bits per heavy atom. The monoisotopic (exact) mass is 406 g/mol. The van der Waals surface area contributed by atoms with Crippen LogP contribution in [0.25, 0.3) is 0 Å². The highest BCUT2D eigenvalue weighted by Crippen LogP contribution is 2.15. The number of hydrogen-bond donors (Lipinski definition) is 2. The quantitative estimate of drug-likeness (QED) is 0.512. The lowest BCUT2D eigenvalue weighted by Gasteiger charge is -2.14. The Balaban J connectivity index is 1.62. The lowest BCUT2D eigenvalue weighted by molar-refractivity contribution is -0.155. The van der Waals surface area contributed by atoms with Gasteiger partial charge in [-0.05, 0) is 43.3 Å². The van der Waals surface area contributed by atoms with Crippen LogP contribution in [0.1, 0.15) is 6.92 Å². The molecule has 2 rings (SSSR count). The molecule has 0 saturated heterocycles. The first-order valence-corrected chi connectivity index (χ1v) is 8.66. The average molecular weight is 407 g/mol. The minimum Gasteiger partial charge on any atom is -0.484 e. The largest absolute Gasteiger partial charge is 0.484 e. The van der Waals surface area contributed by atoms with E-state index >= 15 is 0 Å². The number of amides is 2. The Kier molecular flexibility index (Phi) is 8.11. The summed E-state index contributed by atoms with van der Waals surface area (Å²) >= 11 is 5.74. The Morgan fingerprint density at radius 3 is 2.14 bits per heavy atom. The summed E-state index contributed by atoms with van der Waals surface area (Å²) in [6, 6.07) is 15.2. The molecule has 28 heavy (non-hydrogen) atoms. The van der Waals surface area contributed by atoms with Gasteiger partial charge in [0.25, 0.3) is 11.8 Å². The predicted octanol–water partition coefficient (Wildman–Crippen LogP) is 1.88. The normalized spacial score (nSPS) is 11.1. The van der Waals surface area contributed by atoms with E-state index in [4.69, 9.17) is 25.8 Å². The number of carbonyl (C=O) groups excluding carboxylic acids is 3. The lowest BCUT2D eigenvalue weighted by atomic mass is 10.3. The summed E-state index contributed by atoms with van der Waals surface area (Å²) in [5, 5.41) is 0.544. The highest BCUT2D eigenvalue weighted by molar-refractivity contribution is 6.30. The maximum absolute atomic E-state index is 11.8. The van der Waals surface area contributed by atoms with Crippen molar-refractivity contribution >= 4 is 29.4 Å². The van der Waals surface area contributed by atoms with E-state index in [1.807, 2.05) is 6.07 Å². The number of halogens is 1. The molecule has 148 valence electrons. The third-order valence-electron chi connectivity index (χ3n) is 3.26. The van der Waals surface area contributed by atoms with Gasteiger partial charge in [0.2, 0.25) is 0 Å². The Morgan fingerprint density at radius 2 is 1.50 bits per heavy atom. The molecule has 2 amide bonds. The molecule has 0 unspecified atom stereocenters. The maximum Gasteiger partial charge on any atom is 0.347 e. The molecular weight excluding hydrogens is 388 g/mol. The van der Waals surface area contributed by atoms with E-state index in [-0.39, 0.29) is 6.61 Å². The van der Waals surface area contributed by atoms with E-state index in [9.17, 15) is 14.4 Å². The van der Waals surface area contributed by atoms with E-state index < -0.39 is 30.5 Å². The smallest absolute Gasteiger partial charge is 0.347 e. The highest BCUT2D eigenvalue weighted by atomic mass is 35.5. The van der Waals surface area contributed by atoms with Gasteiger partial charge in [0.1, 0.15) is 11.5 Å². The van der Waals surface area contributed by atoms with Gasteiger partial charge in [-0.1, -0.05) is 29.8 Å². The van der Waals surface area contributed by atoms with Crippen LogP contribution in [0, 0.1) is 0 Å². The van der Waals surface area contributed by atoms with Crippen molar-refractivity contribution in [2.24, 2.45) is 0 Å². The topological polar surface area (TPSA) is 103 Å². The molecule has 0 heterocycles. The number of rotatable bonds is 8. The Hall–Kier alpha value is -3.26. The van der Waals surface area contributed by atoms with Gasteiger partial charge in [-0.3, -0.25) is 20.4 Å². The van der Waals surface area contributed by atoms with Crippen LogP contribution < -0.4 is 20.3 Å². The summed E-state index contributed by atoms with van der Waals surface area (Å²) in [4.78, 5) is 35.1. The SMILES string of the molecule is C[C@@H](Oc1ccccc1)C(=O)OCC(=O)NNC(=O)COc1ccc(Cl)cc1. The van der Waals surface area contributed by atoms with Gasteiger partial charge < -0.3 is 14.2 Å². The third kappa shape index (κ3) is 7.55. The second-order valence-electron chi connectivity index (χ2n) is 5.52. The number of hydrogen-bond acceptors (Lipinski definition) is 6. The molecule has 0 radical (unpaired) electrons. The molecule has 0 saturated carbocycles. The van der Waals surface area contributed by atoms with E-state index in [1.165, 1.54) is 6.92 Å². The van der Waals surface area contributed by atoms with Crippen LogP contribution in [0.3, 0.4) is 0 Å². The lowest BCUT2D eigenvalue weighted by Crippen LogP contribution is -2.45. The summed E-state index contributed by atoms with van der Waals surface area (Å²) in [5.74, 6) is -1.05. The number of carbonyl (C=O) groups is 3. The summed E-state index contributed by atoms with van der Waals surface area (Å²) in [6.45, 7) is 0.617. The highest BCUT2D eigenvalue weighted by Gasteiger charge is 2.18. The van der Waals surface area contributed by atoms with Crippen molar-refractivity contribution in [1.29, 1.82) is 0 Å². The number of para-hydroxylation sites is 1. The van der Waals surface area contributed by atoms with Crippen LogP contribution >= 0.6 is 11.6 Å². The summed E-state index contributed by atoms with van der Waals surface area (Å²) in [7, 11) is 0. The molecule has 9 heteroatoms. The standard InChI is InChI=1S/C19H19ClN2O6/c1-13(28-16-5-3-2-4-6-16)19(25)27-12-18(24)22-21-17(23)11-26-15-9-7-14(20)8-10-15/h2-10,13H,11-12H2,1H3,(H,21,23)(H,22,24)/t13-/m1/s1. The second kappa shape index (κ2) is 10.8. The van der Waals surface area contributed by atoms with Crippen molar-refractivity contribution in [3.63, 3.8) is 0 Å². The molecule has 2 aromatic rings. The van der Waals surface area contributed by atoms with Gasteiger partial charge in [0.05, 0.1) is 0 Å². The molecule has 0 spiro atoms. The fourth-order valence-corrected chi connectivity index (χ4v) is 2.02. The van der Waals surface area contributed by atoms with Crippen molar-refractivity contribution in [3.8, 4) is 11.5 Å². The van der Waals surface area contributed by atoms with Gasteiger partial charge in [0, 0.05) is 5.02 Å². The van der Waals surface area contributed by atoms with Crippen molar-refractivity contribution in [2.45, 2.75) is 13.0 Å². The number of benzene rings is 2. The number of nitrogens with one attached hydrogen (secondary N) is 2.